The van der Waals surface area contributed by atoms with Gasteiger partial charge in [0.1, 0.15) is 0 Å². The van der Waals surface area contributed by atoms with Crippen LogP contribution < -0.4 is 0 Å². The van der Waals surface area contributed by atoms with Crippen LogP contribution in [-0.2, 0) is 4.79 Å². The van der Waals surface area contributed by atoms with Gasteiger partial charge in [-0.15, -0.1) is 0 Å². The van der Waals surface area contributed by atoms with Gasteiger partial charge in [-0.3, -0.25) is 4.79 Å². The second-order valence-corrected chi connectivity index (χ2v) is 6.57. The van der Waals surface area contributed by atoms with Crippen molar-refractivity contribution in [1.82, 2.24) is 4.90 Å². The lowest BCUT2D eigenvalue weighted by molar-refractivity contribution is -0.110. The van der Waals surface area contributed by atoms with E-state index >= 15 is 0 Å². The van der Waals surface area contributed by atoms with Crippen LogP contribution in [0.3, 0.4) is 0 Å². The Bertz CT molecular complexity index is 732. The normalized spacial score (nSPS) is 11.6. The highest BCUT2D eigenvalue weighted by molar-refractivity contribution is 9.10. The zero-order valence-corrected chi connectivity index (χ0v) is 15.0. The molecule has 0 spiro atoms. The van der Waals surface area contributed by atoms with E-state index in [0.29, 0.717) is 17.7 Å². The van der Waals surface area contributed by atoms with Crippen molar-refractivity contribution >= 4 is 33.4 Å². The highest BCUT2D eigenvalue weighted by Crippen LogP contribution is 2.23. The van der Waals surface area contributed by atoms with Crippen molar-refractivity contribution in [2.75, 3.05) is 20.6 Å². The summed E-state index contributed by atoms with van der Waals surface area (Å²) in [7, 11) is 3.86. The molecule has 0 heterocycles. The lowest BCUT2D eigenvalue weighted by atomic mass is 9.95. The van der Waals surface area contributed by atoms with Crippen molar-refractivity contribution in [1.29, 1.82) is 0 Å². The molecule has 0 saturated heterocycles. The molecule has 0 atom stereocenters. The average molecular weight is 370 g/mol. The molecule has 23 heavy (non-hydrogen) atoms. The van der Waals surface area contributed by atoms with Crippen LogP contribution in [0.25, 0.3) is 11.6 Å². The molecule has 0 aliphatic rings. The first kappa shape index (κ1) is 17.4. The SMILES string of the molecule is C=C(CN(C)C)C(=O)/C(=C/c1cccc(Br)c1)c1ccccc1. The van der Waals surface area contributed by atoms with E-state index in [1.807, 2.05) is 79.7 Å². The van der Waals surface area contributed by atoms with Crippen LogP contribution in [0.5, 0.6) is 0 Å². The maximum Gasteiger partial charge on any atom is 0.190 e. The molecule has 2 aromatic rings. The van der Waals surface area contributed by atoms with Gasteiger partial charge in [-0.1, -0.05) is 65.0 Å². The molecule has 3 heteroatoms. The maximum absolute atomic E-state index is 12.9. The first-order valence-electron chi connectivity index (χ1n) is 7.37. The van der Waals surface area contributed by atoms with Crippen LogP contribution in [-0.4, -0.2) is 31.3 Å². The minimum absolute atomic E-state index is 0.0233. The Kier molecular flexibility index (Phi) is 6.08. The van der Waals surface area contributed by atoms with E-state index < -0.39 is 0 Å². The molecule has 0 fully saturated rings. The van der Waals surface area contributed by atoms with E-state index in [-0.39, 0.29) is 5.78 Å². The Balaban J connectivity index is 2.44. The van der Waals surface area contributed by atoms with Gasteiger partial charge in [0.15, 0.2) is 5.78 Å². The standard InChI is InChI=1S/C20H20BrNO/c1-15(14-22(2)3)20(23)19(17-9-5-4-6-10-17)13-16-8-7-11-18(21)12-16/h4-13H,1,14H2,2-3H3/b19-13+. The molecule has 2 aromatic carbocycles. The van der Waals surface area contributed by atoms with Gasteiger partial charge >= 0.3 is 0 Å². The Morgan fingerprint density at radius 2 is 1.83 bits per heavy atom. The number of allylic oxidation sites excluding steroid dienone is 1. The number of hydrogen-bond acceptors (Lipinski definition) is 2. The molecule has 2 rings (SSSR count). The summed E-state index contributed by atoms with van der Waals surface area (Å²) in [6.45, 7) is 4.50. The van der Waals surface area contributed by atoms with Gasteiger partial charge in [0, 0.05) is 22.2 Å². The van der Waals surface area contributed by atoms with Gasteiger partial charge < -0.3 is 4.90 Å². The van der Waals surface area contributed by atoms with Crippen molar-refractivity contribution in [3.63, 3.8) is 0 Å². The van der Waals surface area contributed by atoms with Crippen molar-refractivity contribution in [2.45, 2.75) is 0 Å². The lowest BCUT2D eigenvalue weighted by Gasteiger charge is -2.14. The summed E-state index contributed by atoms with van der Waals surface area (Å²) in [4.78, 5) is 14.8. The fourth-order valence-electron chi connectivity index (χ4n) is 2.30. The fourth-order valence-corrected chi connectivity index (χ4v) is 2.72. The quantitative estimate of drug-likeness (QED) is 0.544. The van der Waals surface area contributed by atoms with Gasteiger partial charge in [0.25, 0.3) is 0 Å². The number of benzene rings is 2. The van der Waals surface area contributed by atoms with Crippen LogP contribution in [0.2, 0.25) is 0 Å². The number of carbonyl (C=O) groups excluding carboxylic acids is 1. The van der Waals surface area contributed by atoms with E-state index in [2.05, 4.69) is 22.5 Å². The zero-order chi connectivity index (χ0) is 16.8. The summed E-state index contributed by atoms with van der Waals surface area (Å²) < 4.78 is 0.984. The first-order valence-corrected chi connectivity index (χ1v) is 8.16. The number of ketones is 1. The smallest absolute Gasteiger partial charge is 0.190 e. The summed E-state index contributed by atoms with van der Waals surface area (Å²) in [6.07, 6.45) is 1.92. The molecule has 0 bridgehead atoms. The van der Waals surface area contributed by atoms with Crippen LogP contribution in [0.4, 0.5) is 0 Å². The molecule has 0 radical (unpaired) electrons. The predicted octanol–water partition coefficient (Wildman–Crippen LogP) is 4.68. The minimum Gasteiger partial charge on any atom is -0.305 e. The lowest BCUT2D eigenvalue weighted by Crippen LogP contribution is -2.19. The molecule has 118 valence electrons. The number of rotatable bonds is 6. The van der Waals surface area contributed by atoms with Crippen LogP contribution in [0.1, 0.15) is 11.1 Å². The molecular weight excluding hydrogens is 350 g/mol. The average Bonchev–Trinajstić information content (AvgIpc) is 2.52. The third-order valence-electron chi connectivity index (χ3n) is 3.32. The summed E-state index contributed by atoms with van der Waals surface area (Å²) in [5.41, 5.74) is 3.12. The number of halogens is 1. The highest BCUT2D eigenvalue weighted by atomic mass is 79.9. The van der Waals surface area contributed by atoms with Gasteiger partial charge in [0.2, 0.25) is 0 Å². The molecule has 0 amide bonds. The number of hydrogen-bond donors (Lipinski definition) is 0. The molecule has 2 nitrogen and oxygen atoms in total. The Morgan fingerprint density at radius 1 is 1.13 bits per heavy atom. The number of Topliss-reactive ketones (excluding diaryl/α,β-unsaturated/α-hetero) is 1. The second kappa shape index (κ2) is 8.04. The molecule has 0 aliphatic heterocycles. The third-order valence-corrected chi connectivity index (χ3v) is 3.81. The van der Waals surface area contributed by atoms with Gasteiger partial charge in [-0.05, 0) is 43.4 Å². The van der Waals surface area contributed by atoms with Gasteiger partial charge in [-0.2, -0.15) is 0 Å². The Labute approximate surface area is 146 Å². The van der Waals surface area contributed by atoms with E-state index in [1.54, 1.807) is 0 Å². The van der Waals surface area contributed by atoms with Crippen molar-refractivity contribution < 1.29 is 4.79 Å². The number of likely N-dealkylation sites (N-methyl/N-ethyl adjacent to an activating group) is 1. The fraction of sp³-hybridized carbons (Fsp3) is 0.150. The molecular formula is C20H20BrNO. The number of carbonyl (C=O) groups is 1. The second-order valence-electron chi connectivity index (χ2n) is 5.65. The summed E-state index contributed by atoms with van der Waals surface area (Å²) in [5.74, 6) is -0.0233. The number of nitrogens with zero attached hydrogens (tertiary/aromatic N) is 1. The van der Waals surface area contributed by atoms with E-state index in [9.17, 15) is 4.79 Å². The minimum atomic E-state index is -0.0233. The maximum atomic E-state index is 12.9. The molecule has 0 N–H and O–H groups in total. The first-order chi connectivity index (χ1) is 11.0. The monoisotopic (exact) mass is 369 g/mol. The van der Waals surface area contributed by atoms with E-state index in [4.69, 9.17) is 0 Å². The predicted molar refractivity (Wildman–Crippen MR) is 101 cm³/mol. The topological polar surface area (TPSA) is 20.3 Å². The molecule has 0 aromatic heterocycles. The third kappa shape index (κ3) is 5.02. The van der Waals surface area contributed by atoms with Crippen molar-refractivity contribution in [3.8, 4) is 0 Å². The Morgan fingerprint density at radius 3 is 2.43 bits per heavy atom. The Hall–Kier alpha value is -1.97. The zero-order valence-electron chi connectivity index (χ0n) is 13.4. The highest BCUT2D eigenvalue weighted by Gasteiger charge is 2.16. The molecule has 0 saturated carbocycles. The van der Waals surface area contributed by atoms with Gasteiger partial charge in [0.05, 0.1) is 0 Å². The summed E-state index contributed by atoms with van der Waals surface area (Å²) in [5, 5.41) is 0. The summed E-state index contributed by atoms with van der Waals surface area (Å²) in [6, 6.07) is 17.6. The van der Waals surface area contributed by atoms with Crippen LogP contribution in [0.15, 0.2) is 71.2 Å². The van der Waals surface area contributed by atoms with Gasteiger partial charge in [-0.25, -0.2) is 0 Å². The molecule has 0 aliphatic carbocycles. The largest absolute Gasteiger partial charge is 0.305 e. The van der Waals surface area contributed by atoms with Crippen molar-refractivity contribution in [3.05, 3.63) is 82.3 Å². The van der Waals surface area contributed by atoms with Crippen LogP contribution in [0, 0.1) is 0 Å². The van der Waals surface area contributed by atoms with E-state index in [0.717, 1.165) is 15.6 Å². The van der Waals surface area contributed by atoms with Crippen LogP contribution >= 0.6 is 15.9 Å². The molecule has 0 unspecified atom stereocenters. The van der Waals surface area contributed by atoms with Crippen molar-refractivity contribution in [2.24, 2.45) is 0 Å². The van der Waals surface area contributed by atoms with E-state index in [1.165, 1.54) is 0 Å². The summed E-state index contributed by atoms with van der Waals surface area (Å²) >= 11 is 3.47.